The van der Waals surface area contributed by atoms with E-state index in [0.29, 0.717) is 0 Å². The lowest BCUT2D eigenvalue weighted by atomic mass is 9.93. The molecule has 0 spiro atoms. The Bertz CT molecular complexity index is 770. The Morgan fingerprint density at radius 2 is 1.81 bits per heavy atom. The first-order chi connectivity index (χ1) is 12.5. The highest BCUT2D eigenvalue weighted by Crippen LogP contribution is 2.38. The quantitative estimate of drug-likeness (QED) is 0.794. The lowest BCUT2D eigenvalue weighted by molar-refractivity contribution is 0.0531. The van der Waals surface area contributed by atoms with E-state index in [1.165, 1.54) is 0 Å². The minimum Gasteiger partial charge on any atom is -0.491 e. The van der Waals surface area contributed by atoms with Gasteiger partial charge in [0, 0.05) is 12.2 Å². The minimum atomic E-state index is -0.586. The molecule has 1 N–H and O–H groups in total. The van der Waals surface area contributed by atoms with E-state index >= 15 is 0 Å². The summed E-state index contributed by atoms with van der Waals surface area (Å²) in [6.45, 7) is 8.97. The summed E-state index contributed by atoms with van der Waals surface area (Å²) in [7, 11) is 0. The highest BCUT2D eigenvalue weighted by molar-refractivity contribution is 6.02. The second kappa shape index (κ2) is 7.40. The first-order valence-electron chi connectivity index (χ1n) is 9.42. The molecule has 4 nitrogen and oxygen atoms in total. The van der Waals surface area contributed by atoms with Gasteiger partial charge in [-0.2, -0.15) is 0 Å². The average Bonchev–Trinajstić information content (AvgIpc) is 2.61. The highest BCUT2D eigenvalue weighted by Gasteiger charge is 2.41. The van der Waals surface area contributed by atoms with Gasteiger partial charge >= 0.3 is 0 Å². The van der Waals surface area contributed by atoms with E-state index < -0.39 is 5.66 Å². The van der Waals surface area contributed by atoms with E-state index in [2.05, 4.69) is 19.2 Å². The third-order valence-corrected chi connectivity index (χ3v) is 4.84. The molecule has 3 rings (SSSR count). The molecule has 26 heavy (non-hydrogen) atoms. The summed E-state index contributed by atoms with van der Waals surface area (Å²) in [5.74, 6) is 0.924. The number of hydrogen-bond donors (Lipinski definition) is 1. The molecule has 0 radical (unpaired) electrons. The Labute approximate surface area is 156 Å². The molecule has 1 atom stereocenters. The first kappa shape index (κ1) is 18.3. The van der Waals surface area contributed by atoms with E-state index in [-0.39, 0.29) is 12.0 Å². The van der Waals surface area contributed by atoms with E-state index in [1.54, 1.807) is 0 Å². The lowest BCUT2D eigenvalue weighted by Gasteiger charge is -2.47. The number of hydrogen-bond acceptors (Lipinski definition) is 3. The molecule has 0 saturated carbocycles. The molecule has 0 saturated heterocycles. The smallest absolute Gasteiger partial charge is 0.258 e. The fourth-order valence-corrected chi connectivity index (χ4v) is 3.46. The van der Waals surface area contributed by atoms with Gasteiger partial charge in [-0.3, -0.25) is 4.79 Å². The monoisotopic (exact) mass is 352 g/mol. The summed E-state index contributed by atoms with van der Waals surface area (Å²) >= 11 is 0. The zero-order valence-electron chi connectivity index (χ0n) is 16.1. The minimum absolute atomic E-state index is 0.0813. The fourth-order valence-electron chi connectivity index (χ4n) is 3.46. The second-order valence-electron chi connectivity index (χ2n) is 7.24. The standard InChI is InChI=1S/C22H28N2O2/c1-5-6-15-24-21(25)19-9-7-8-10-20(19)23-22(24,4)17-11-13-18(14-12-17)26-16(2)3/h7-14,16,23H,5-6,15H2,1-4H3. The van der Waals surface area contributed by atoms with Gasteiger partial charge in [-0.05, 0) is 57.0 Å². The molecule has 0 fully saturated rings. The van der Waals surface area contributed by atoms with Crippen LogP contribution < -0.4 is 10.1 Å². The molecular weight excluding hydrogens is 324 g/mol. The van der Waals surface area contributed by atoms with Crippen molar-refractivity contribution >= 4 is 11.6 Å². The van der Waals surface area contributed by atoms with Crippen LogP contribution in [-0.4, -0.2) is 23.5 Å². The molecule has 1 heterocycles. The summed E-state index contributed by atoms with van der Waals surface area (Å²) in [4.78, 5) is 15.1. The zero-order valence-corrected chi connectivity index (χ0v) is 16.1. The SMILES string of the molecule is CCCCN1C(=O)c2ccccc2NC1(C)c1ccc(OC(C)C)cc1. The van der Waals surface area contributed by atoms with Gasteiger partial charge in [-0.25, -0.2) is 0 Å². The number of unbranched alkanes of at least 4 members (excludes halogenated alkanes) is 1. The molecule has 0 aromatic heterocycles. The number of ether oxygens (including phenoxy) is 1. The highest BCUT2D eigenvalue weighted by atomic mass is 16.5. The molecule has 138 valence electrons. The van der Waals surface area contributed by atoms with Crippen LogP contribution in [0.15, 0.2) is 48.5 Å². The molecule has 0 bridgehead atoms. The zero-order chi connectivity index (χ0) is 18.7. The summed E-state index contributed by atoms with van der Waals surface area (Å²) in [6.07, 6.45) is 2.15. The van der Waals surface area contributed by atoms with Crippen LogP contribution in [0.3, 0.4) is 0 Å². The maximum atomic E-state index is 13.2. The van der Waals surface area contributed by atoms with Crippen LogP contribution in [0.25, 0.3) is 0 Å². The van der Waals surface area contributed by atoms with Crippen molar-refractivity contribution in [1.82, 2.24) is 4.90 Å². The molecule has 1 aliphatic heterocycles. The second-order valence-corrected chi connectivity index (χ2v) is 7.24. The van der Waals surface area contributed by atoms with E-state index in [4.69, 9.17) is 4.74 Å². The van der Waals surface area contributed by atoms with E-state index in [9.17, 15) is 4.79 Å². The summed E-state index contributed by atoms with van der Waals surface area (Å²) in [6, 6.07) is 15.8. The van der Waals surface area contributed by atoms with Crippen LogP contribution in [-0.2, 0) is 5.66 Å². The van der Waals surface area contributed by atoms with Crippen molar-refractivity contribution in [2.75, 3.05) is 11.9 Å². The summed E-state index contributed by atoms with van der Waals surface area (Å²) in [5, 5.41) is 3.60. The number of nitrogens with zero attached hydrogens (tertiary/aromatic N) is 1. The van der Waals surface area contributed by atoms with Gasteiger partial charge < -0.3 is 15.0 Å². The van der Waals surface area contributed by atoms with Crippen molar-refractivity contribution < 1.29 is 9.53 Å². The molecule has 1 aliphatic rings. The van der Waals surface area contributed by atoms with Gasteiger partial charge in [0.15, 0.2) is 0 Å². The summed E-state index contributed by atoms with van der Waals surface area (Å²) < 4.78 is 5.76. The number of nitrogens with one attached hydrogen (secondary N) is 1. The number of anilines is 1. The van der Waals surface area contributed by atoms with Crippen LogP contribution >= 0.6 is 0 Å². The molecule has 4 heteroatoms. The maximum absolute atomic E-state index is 13.2. The topological polar surface area (TPSA) is 41.6 Å². The molecule has 2 aromatic carbocycles. The van der Waals surface area contributed by atoms with Crippen LogP contribution in [0.5, 0.6) is 5.75 Å². The normalized spacial score (nSPS) is 19.3. The molecule has 0 aliphatic carbocycles. The Morgan fingerprint density at radius 3 is 2.46 bits per heavy atom. The van der Waals surface area contributed by atoms with Crippen molar-refractivity contribution in [3.05, 3.63) is 59.7 Å². The Hall–Kier alpha value is -2.49. The predicted octanol–water partition coefficient (Wildman–Crippen LogP) is 5.01. The third kappa shape index (κ3) is 3.41. The predicted molar refractivity (Wildman–Crippen MR) is 106 cm³/mol. The van der Waals surface area contributed by atoms with Crippen molar-refractivity contribution in [3.63, 3.8) is 0 Å². The van der Waals surface area contributed by atoms with E-state index in [1.807, 2.05) is 67.3 Å². The van der Waals surface area contributed by atoms with Gasteiger partial charge in [0.05, 0.1) is 11.7 Å². The van der Waals surface area contributed by atoms with Crippen molar-refractivity contribution in [1.29, 1.82) is 0 Å². The number of carbonyl (C=O) groups is 1. The Kier molecular flexibility index (Phi) is 5.21. The van der Waals surface area contributed by atoms with Crippen LogP contribution in [0.4, 0.5) is 5.69 Å². The number of fused-ring (bicyclic) bond motifs is 1. The van der Waals surface area contributed by atoms with Crippen molar-refractivity contribution in [2.24, 2.45) is 0 Å². The molecule has 1 unspecified atom stereocenters. The lowest BCUT2D eigenvalue weighted by Crippen LogP contribution is -2.56. The average molecular weight is 352 g/mol. The number of rotatable bonds is 6. The summed E-state index contributed by atoms with van der Waals surface area (Å²) in [5.41, 5.74) is 2.08. The maximum Gasteiger partial charge on any atom is 0.258 e. The van der Waals surface area contributed by atoms with Gasteiger partial charge in [0.25, 0.3) is 5.91 Å². The van der Waals surface area contributed by atoms with Crippen molar-refractivity contribution in [3.8, 4) is 5.75 Å². The van der Waals surface area contributed by atoms with Crippen LogP contribution in [0.1, 0.15) is 56.5 Å². The van der Waals surface area contributed by atoms with Crippen molar-refractivity contribution in [2.45, 2.75) is 52.3 Å². The van der Waals surface area contributed by atoms with Gasteiger partial charge in [-0.1, -0.05) is 37.6 Å². The van der Waals surface area contributed by atoms with Gasteiger partial charge in [0.1, 0.15) is 11.4 Å². The Balaban J connectivity index is 1.99. The first-order valence-corrected chi connectivity index (χ1v) is 9.42. The molecule has 1 amide bonds. The number of carbonyl (C=O) groups excluding carboxylic acids is 1. The van der Waals surface area contributed by atoms with Gasteiger partial charge in [-0.15, -0.1) is 0 Å². The van der Waals surface area contributed by atoms with Gasteiger partial charge in [0.2, 0.25) is 0 Å². The van der Waals surface area contributed by atoms with E-state index in [0.717, 1.165) is 42.0 Å². The Morgan fingerprint density at radius 1 is 1.12 bits per heavy atom. The largest absolute Gasteiger partial charge is 0.491 e. The molecular formula is C22H28N2O2. The number of amides is 1. The molecule has 2 aromatic rings. The number of benzene rings is 2. The number of para-hydroxylation sites is 1. The third-order valence-electron chi connectivity index (χ3n) is 4.84. The van der Waals surface area contributed by atoms with Crippen LogP contribution in [0.2, 0.25) is 0 Å². The fraction of sp³-hybridized carbons (Fsp3) is 0.409. The van der Waals surface area contributed by atoms with Crippen LogP contribution in [0, 0.1) is 0 Å².